The van der Waals surface area contributed by atoms with Crippen molar-refractivity contribution in [3.8, 4) is 5.88 Å². The van der Waals surface area contributed by atoms with E-state index in [9.17, 15) is 29.5 Å². The van der Waals surface area contributed by atoms with Crippen molar-refractivity contribution >= 4 is 7.82 Å². The summed E-state index contributed by atoms with van der Waals surface area (Å²) in [5, 5.41) is 29.2. The van der Waals surface area contributed by atoms with Gasteiger partial charge in [-0.3, -0.25) is 14.3 Å². The smallest absolute Gasteiger partial charge is 0.469 e. The molecular formula is C9H13N2O10P. The van der Waals surface area contributed by atoms with Crippen LogP contribution in [0.25, 0.3) is 0 Å². The maximum Gasteiger partial charge on any atom is 0.469 e. The molecule has 2 rings (SSSR count). The fraction of sp³-hybridized carbons (Fsp3) is 0.556. The van der Waals surface area contributed by atoms with Gasteiger partial charge in [-0.25, -0.2) is 13.9 Å². The van der Waals surface area contributed by atoms with Crippen molar-refractivity contribution in [2.75, 3.05) is 6.61 Å². The molecule has 0 aromatic carbocycles. The molecule has 1 aromatic rings. The van der Waals surface area contributed by atoms with Crippen LogP contribution in [-0.2, 0) is 13.8 Å². The quantitative estimate of drug-likeness (QED) is 0.307. The normalized spacial score (nSPS) is 28.9. The van der Waals surface area contributed by atoms with Gasteiger partial charge in [-0.05, 0) is 0 Å². The summed E-state index contributed by atoms with van der Waals surface area (Å²) in [6.07, 6.45) is -6.30. The lowest BCUT2D eigenvalue weighted by Gasteiger charge is -2.18. The highest BCUT2D eigenvalue weighted by molar-refractivity contribution is 7.46. The van der Waals surface area contributed by atoms with E-state index < -0.39 is 56.1 Å². The maximum absolute atomic E-state index is 11.6. The Morgan fingerprint density at radius 3 is 2.50 bits per heavy atom. The van der Waals surface area contributed by atoms with Gasteiger partial charge in [0.05, 0.1) is 12.7 Å². The average molecular weight is 340 g/mol. The van der Waals surface area contributed by atoms with Gasteiger partial charge in [0.15, 0.2) is 6.23 Å². The predicted molar refractivity (Wildman–Crippen MR) is 66.9 cm³/mol. The van der Waals surface area contributed by atoms with Crippen LogP contribution in [0.1, 0.15) is 6.23 Å². The number of H-pyrrole nitrogens is 1. The van der Waals surface area contributed by atoms with E-state index in [1.54, 1.807) is 0 Å². The fourth-order valence-corrected chi connectivity index (χ4v) is 2.33. The zero-order valence-corrected chi connectivity index (χ0v) is 11.7. The Kier molecular flexibility index (Phi) is 4.54. The number of phosphoric acid groups is 1. The van der Waals surface area contributed by atoms with Crippen molar-refractivity contribution in [3.05, 3.63) is 26.9 Å². The average Bonchev–Trinajstić information content (AvgIpc) is 2.63. The third kappa shape index (κ3) is 3.44. The zero-order valence-electron chi connectivity index (χ0n) is 10.8. The first-order valence-electron chi connectivity index (χ1n) is 5.86. The SMILES string of the molecule is O=c1cc(O)n([C@@H]2O[C@@H](COP(=O)(O)O)[C@H](O)[C@H]2O)c(=O)[nH]1. The first-order chi connectivity index (χ1) is 10.1. The molecule has 0 saturated carbocycles. The summed E-state index contributed by atoms with van der Waals surface area (Å²) in [5.74, 6) is -0.818. The van der Waals surface area contributed by atoms with Crippen molar-refractivity contribution < 1.29 is 38.9 Å². The molecule has 0 unspecified atom stereocenters. The molecule has 6 N–H and O–H groups in total. The standard InChI is InChI=1S/C9H13N2O10P/c12-4-1-5(13)11(9(16)10-4)8-7(15)6(14)3(21-8)2-20-22(17,18)19/h1,3,6-8,13-15H,2H2,(H,10,12,16)(H2,17,18,19)/t3-,6-,7+,8+/m0/s1. The number of aliphatic hydroxyl groups is 2. The van der Waals surface area contributed by atoms with Crippen molar-refractivity contribution in [2.45, 2.75) is 24.5 Å². The summed E-state index contributed by atoms with van der Waals surface area (Å²) in [4.78, 5) is 41.7. The number of hydrogen-bond acceptors (Lipinski definition) is 8. The second-order valence-corrected chi connectivity index (χ2v) is 5.74. The summed E-state index contributed by atoms with van der Waals surface area (Å²) in [6, 6.07) is 0.656. The van der Waals surface area contributed by atoms with Crippen LogP contribution in [0.5, 0.6) is 5.88 Å². The molecule has 13 heteroatoms. The number of aliphatic hydroxyl groups excluding tert-OH is 2. The van der Waals surface area contributed by atoms with Crippen molar-refractivity contribution in [2.24, 2.45) is 0 Å². The van der Waals surface area contributed by atoms with Gasteiger partial charge in [0.25, 0.3) is 5.56 Å². The van der Waals surface area contributed by atoms with Gasteiger partial charge in [0, 0.05) is 0 Å². The van der Waals surface area contributed by atoms with Gasteiger partial charge in [-0.15, -0.1) is 0 Å². The van der Waals surface area contributed by atoms with Crippen LogP contribution in [0.15, 0.2) is 15.7 Å². The highest BCUT2D eigenvalue weighted by atomic mass is 31.2. The molecule has 4 atom stereocenters. The second kappa shape index (κ2) is 5.93. The molecule has 12 nitrogen and oxygen atoms in total. The molecule has 1 saturated heterocycles. The van der Waals surface area contributed by atoms with Crippen LogP contribution in [0.2, 0.25) is 0 Å². The Morgan fingerprint density at radius 1 is 1.32 bits per heavy atom. The molecule has 22 heavy (non-hydrogen) atoms. The van der Waals surface area contributed by atoms with E-state index in [-0.39, 0.29) is 0 Å². The Balaban J connectivity index is 2.26. The topological polar surface area (TPSA) is 192 Å². The minimum Gasteiger partial charge on any atom is -0.494 e. The summed E-state index contributed by atoms with van der Waals surface area (Å²) >= 11 is 0. The fourth-order valence-electron chi connectivity index (χ4n) is 1.99. The molecule has 0 radical (unpaired) electrons. The van der Waals surface area contributed by atoms with Crippen LogP contribution >= 0.6 is 7.82 Å². The number of hydrogen-bond donors (Lipinski definition) is 6. The number of ether oxygens (including phenoxy) is 1. The highest BCUT2D eigenvalue weighted by Crippen LogP contribution is 2.38. The van der Waals surface area contributed by atoms with Gasteiger partial charge >= 0.3 is 13.5 Å². The predicted octanol–water partition coefficient (Wildman–Crippen LogP) is -3.03. The van der Waals surface area contributed by atoms with Crippen LogP contribution in [0, 0.1) is 0 Å². The Bertz CT molecular complexity index is 707. The minimum absolute atomic E-state index is 0.479. The van der Waals surface area contributed by atoms with Crippen molar-refractivity contribution in [1.29, 1.82) is 0 Å². The summed E-state index contributed by atoms with van der Waals surface area (Å²) in [7, 11) is -4.82. The van der Waals surface area contributed by atoms with E-state index in [0.717, 1.165) is 0 Å². The van der Waals surface area contributed by atoms with E-state index >= 15 is 0 Å². The molecular weight excluding hydrogens is 327 g/mol. The first kappa shape index (κ1) is 16.8. The summed E-state index contributed by atoms with van der Waals surface area (Å²) < 4.78 is 20.3. The lowest BCUT2D eigenvalue weighted by Crippen LogP contribution is -2.37. The lowest BCUT2D eigenvalue weighted by atomic mass is 10.1. The van der Waals surface area contributed by atoms with Gasteiger partial charge in [0.2, 0.25) is 5.88 Å². The van der Waals surface area contributed by atoms with Crippen LogP contribution in [0.3, 0.4) is 0 Å². The van der Waals surface area contributed by atoms with E-state index in [4.69, 9.17) is 14.5 Å². The largest absolute Gasteiger partial charge is 0.494 e. The maximum atomic E-state index is 11.6. The number of aromatic amines is 1. The van der Waals surface area contributed by atoms with Crippen LogP contribution in [0.4, 0.5) is 0 Å². The van der Waals surface area contributed by atoms with Gasteiger partial charge in [-0.1, -0.05) is 0 Å². The summed E-state index contributed by atoms with van der Waals surface area (Å²) in [5.41, 5.74) is -1.98. The van der Waals surface area contributed by atoms with Gasteiger partial charge < -0.3 is 29.8 Å². The molecule has 1 aliphatic heterocycles. The molecule has 0 bridgehead atoms. The second-order valence-electron chi connectivity index (χ2n) is 4.50. The molecule has 1 aliphatic rings. The molecule has 2 heterocycles. The Labute approximate surface area is 121 Å². The van der Waals surface area contributed by atoms with Crippen molar-refractivity contribution in [3.63, 3.8) is 0 Å². The van der Waals surface area contributed by atoms with E-state index in [0.29, 0.717) is 10.6 Å². The van der Waals surface area contributed by atoms with Gasteiger partial charge in [0.1, 0.15) is 18.3 Å². The number of rotatable bonds is 4. The third-order valence-corrected chi connectivity index (χ3v) is 3.44. The molecule has 1 aromatic heterocycles. The number of aromatic nitrogens is 2. The zero-order chi connectivity index (χ0) is 16.7. The highest BCUT2D eigenvalue weighted by Gasteiger charge is 2.45. The molecule has 0 spiro atoms. The number of aromatic hydroxyl groups is 1. The number of nitrogens with zero attached hydrogens (tertiary/aromatic N) is 1. The summed E-state index contributed by atoms with van der Waals surface area (Å²) in [6.45, 7) is -0.766. The van der Waals surface area contributed by atoms with Crippen molar-refractivity contribution in [1.82, 2.24) is 9.55 Å². The van der Waals surface area contributed by atoms with Crippen LogP contribution in [-0.4, -0.2) is 59.6 Å². The Hall–Kier alpha value is -1.53. The molecule has 0 amide bonds. The van der Waals surface area contributed by atoms with E-state index in [1.807, 2.05) is 4.98 Å². The lowest BCUT2D eigenvalue weighted by molar-refractivity contribution is -0.0571. The van der Waals surface area contributed by atoms with Gasteiger partial charge in [-0.2, -0.15) is 0 Å². The minimum atomic E-state index is -4.82. The third-order valence-electron chi connectivity index (χ3n) is 2.95. The van der Waals surface area contributed by atoms with Crippen LogP contribution < -0.4 is 11.2 Å². The number of phosphoric ester groups is 1. The number of nitrogens with one attached hydrogen (secondary N) is 1. The van der Waals surface area contributed by atoms with E-state index in [1.165, 1.54) is 0 Å². The molecule has 1 fully saturated rings. The van der Waals surface area contributed by atoms with E-state index in [2.05, 4.69) is 4.52 Å². The monoisotopic (exact) mass is 340 g/mol. The Morgan fingerprint density at radius 2 is 1.95 bits per heavy atom. The molecule has 0 aliphatic carbocycles. The first-order valence-corrected chi connectivity index (χ1v) is 7.39. The molecule has 124 valence electrons.